The molecular weight excluding hydrogens is 284 g/mol. The number of hydrogen-bond donors (Lipinski definition) is 4. The minimum atomic E-state index is -1.58. The molecule has 5 atom stereocenters. The molecule has 0 radical (unpaired) electrons. The van der Waals surface area contributed by atoms with Gasteiger partial charge < -0.3 is 34.3 Å². The highest BCUT2D eigenvalue weighted by Crippen LogP contribution is 2.24. The maximum atomic E-state index is 11.8. The molecule has 8 nitrogen and oxygen atoms in total. The molecule has 0 spiro atoms. The third-order valence-corrected chi connectivity index (χ3v) is 3.31. The van der Waals surface area contributed by atoms with E-state index in [9.17, 15) is 20.1 Å². The highest BCUT2D eigenvalue weighted by Gasteiger charge is 2.45. The van der Waals surface area contributed by atoms with Crippen LogP contribution in [-0.2, 0) is 11.2 Å². The molecule has 118 valence electrons. The molecule has 1 aromatic heterocycles. The molecule has 0 unspecified atom stereocenters. The van der Waals surface area contributed by atoms with Crippen LogP contribution in [0, 0.1) is 0 Å². The van der Waals surface area contributed by atoms with Gasteiger partial charge in [0.2, 0.25) is 17.5 Å². The molecule has 4 N–H and O–H groups in total. The molecule has 1 aromatic rings. The summed E-state index contributed by atoms with van der Waals surface area (Å²) in [6, 6.07) is 1.15. The second-order valence-corrected chi connectivity index (χ2v) is 4.71. The largest absolute Gasteiger partial charge is 0.465 e. The second kappa shape index (κ2) is 6.54. The lowest BCUT2D eigenvalue weighted by Gasteiger charge is -2.39. The molecule has 0 bridgehead atoms. The van der Waals surface area contributed by atoms with Gasteiger partial charge in [-0.25, -0.2) is 0 Å². The van der Waals surface area contributed by atoms with Gasteiger partial charge in [-0.2, -0.15) is 0 Å². The van der Waals surface area contributed by atoms with Crippen LogP contribution in [0.1, 0.15) is 12.7 Å². The van der Waals surface area contributed by atoms with Gasteiger partial charge in [-0.15, -0.1) is 0 Å². The minimum absolute atomic E-state index is 0.135. The van der Waals surface area contributed by atoms with Gasteiger partial charge in [0.25, 0.3) is 0 Å². The van der Waals surface area contributed by atoms with E-state index in [1.165, 1.54) is 6.26 Å². The molecule has 21 heavy (non-hydrogen) atoms. The van der Waals surface area contributed by atoms with Crippen molar-refractivity contribution in [3.05, 3.63) is 28.3 Å². The van der Waals surface area contributed by atoms with E-state index in [4.69, 9.17) is 19.0 Å². The Morgan fingerprint density at radius 2 is 1.95 bits per heavy atom. The fraction of sp³-hybridized carbons (Fsp3) is 0.615. The lowest BCUT2D eigenvalue weighted by Crippen LogP contribution is -2.60. The van der Waals surface area contributed by atoms with Crippen molar-refractivity contribution in [2.75, 3.05) is 6.61 Å². The standard InChI is InChI=1S/C13H18O8/c1-2-7-12(6(15)3-4-19-7)21-13-11(18)10(17)9(16)8(5-14)20-13/h3-4,8-11,13-14,16-18H,2,5H2,1H3/t8-,9-,10+,11-,13+/m1/s1. The van der Waals surface area contributed by atoms with Gasteiger partial charge in [0, 0.05) is 12.5 Å². The Bertz CT molecular complexity index is 525. The first-order valence-corrected chi connectivity index (χ1v) is 6.57. The van der Waals surface area contributed by atoms with Crippen molar-refractivity contribution in [3.63, 3.8) is 0 Å². The number of aliphatic hydroxyl groups excluding tert-OH is 4. The molecule has 0 saturated carbocycles. The van der Waals surface area contributed by atoms with Gasteiger partial charge in [0.15, 0.2) is 0 Å². The molecule has 1 aliphatic heterocycles. The Labute approximate surface area is 120 Å². The van der Waals surface area contributed by atoms with E-state index in [-0.39, 0.29) is 11.5 Å². The first-order valence-electron chi connectivity index (χ1n) is 6.57. The van der Waals surface area contributed by atoms with Crippen LogP contribution in [0.4, 0.5) is 0 Å². The van der Waals surface area contributed by atoms with Crippen molar-refractivity contribution in [1.29, 1.82) is 0 Å². The fourth-order valence-electron chi connectivity index (χ4n) is 2.09. The van der Waals surface area contributed by atoms with E-state index in [1.807, 2.05) is 0 Å². The molecule has 1 saturated heterocycles. The lowest BCUT2D eigenvalue weighted by atomic mass is 9.99. The van der Waals surface area contributed by atoms with Crippen LogP contribution in [0.3, 0.4) is 0 Å². The Hall–Kier alpha value is -1.45. The third-order valence-electron chi connectivity index (χ3n) is 3.31. The average Bonchev–Trinajstić information content (AvgIpc) is 2.49. The van der Waals surface area contributed by atoms with Crippen LogP contribution in [0.2, 0.25) is 0 Å². The topological polar surface area (TPSA) is 130 Å². The summed E-state index contributed by atoms with van der Waals surface area (Å²) in [7, 11) is 0. The minimum Gasteiger partial charge on any atom is -0.465 e. The Morgan fingerprint density at radius 3 is 2.57 bits per heavy atom. The van der Waals surface area contributed by atoms with Crippen LogP contribution in [0.25, 0.3) is 0 Å². The van der Waals surface area contributed by atoms with Crippen LogP contribution in [0.5, 0.6) is 5.75 Å². The monoisotopic (exact) mass is 302 g/mol. The molecular formula is C13H18O8. The Kier molecular flexibility index (Phi) is 4.96. The van der Waals surface area contributed by atoms with Gasteiger partial charge in [-0.1, -0.05) is 6.92 Å². The van der Waals surface area contributed by atoms with Gasteiger partial charge >= 0.3 is 0 Å². The van der Waals surface area contributed by atoms with Crippen molar-refractivity contribution < 1.29 is 34.3 Å². The van der Waals surface area contributed by atoms with E-state index in [2.05, 4.69) is 0 Å². The highest BCUT2D eigenvalue weighted by atomic mass is 16.7. The molecule has 0 aromatic carbocycles. The summed E-state index contributed by atoms with van der Waals surface area (Å²) in [5.41, 5.74) is -0.463. The molecule has 8 heteroatoms. The second-order valence-electron chi connectivity index (χ2n) is 4.71. The van der Waals surface area contributed by atoms with E-state index >= 15 is 0 Å². The molecule has 0 amide bonds. The van der Waals surface area contributed by atoms with E-state index in [0.29, 0.717) is 6.42 Å². The Balaban J connectivity index is 2.24. The number of aliphatic hydroxyl groups is 4. The average molecular weight is 302 g/mol. The van der Waals surface area contributed by atoms with Crippen molar-refractivity contribution in [2.24, 2.45) is 0 Å². The van der Waals surface area contributed by atoms with Gasteiger partial charge in [0.05, 0.1) is 12.9 Å². The number of rotatable bonds is 4. The lowest BCUT2D eigenvalue weighted by molar-refractivity contribution is -0.278. The molecule has 2 heterocycles. The van der Waals surface area contributed by atoms with Crippen LogP contribution < -0.4 is 10.2 Å². The summed E-state index contributed by atoms with van der Waals surface area (Å²) in [6.07, 6.45) is -5.54. The van der Waals surface area contributed by atoms with Crippen LogP contribution in [0.15, 0.2) is 21.5 Å². The summed E-state index contributed by atoms with van der Waals surface area (Å²) >= 11 is 0. The first kappa shape index (κ1) is 15.9. The van der Waals surface area contributed by atoms with Crippen LogP contribution >= 0.6 is 0 Å². The van der Waals surface area contributed by atoms with Gasteiger partial charge in [-0.05, 0) is 0 Å². The predicted octanol–water partition coefficient (Wildman–Crippen LogP) is -1.62. The summed E-state index contributed by atoms with van der Waals surface area (Å²) in [4.78, 5) is 11.8. The SMILES string of the molecule is CCc1occc(=O)c1O[C@@H]1O[C@H](CO)[C@@H](O)[C@H](O)[C@H]1O. The number of ether oxygens (including phenoxy) is 2. The molecule has 0 aliphatic carbocycles. The quantitative estimate of drug-likeness (QED) is 0.522. The van der Waals surface area contributed by atoms with Gasteiger partial charge in [-0.3, -0.25) is 4.79 Å². The van der Waals surface area contributed by atoms with E-state index in [0.717, 1.165) is 6.07 Å². The summed E-state index contributed by atoms with van der Waals surface area (Å²) < 4.78 is 15.6. The van der Waals surface area contributed by atoms with Crippen molar-refractivity contribution in [1.82, 2.24) is 0 Å². The molecule has 1 aliphatic rings. The zero-order valence-electron chi connectivity index (χ0n) is 11.4. The third kappa shape index (κ3) is 3.09. The highest BCUT2D eigenvalue weighted by molar-refractivity contribution is 5.24. The summed E-state index contributed by atoms with van der Waals surface area (Å²) in [5, 5.41) is 38.3. The molecule has 1 fully saturated rings. The van der Waals surface area contributed by atoms with E-state index in [1.54, 1.807) is 6.92 Å². The maximum Gasteiger partial charge on any atom is 0.229 e. The maximum absolute atomic E-state index is 11.8. The smallest absolute Gasteiger partial charge is 0.229 e. The normalized spacial score (nSPS) is 32.9. The zero-order valence-corrected chi connectivity index (χ0v) is 11.4. The predicted molar refractivity (Wildman–Crippen MR) is 68.8 cm³/mol. The molecule has 2 rings (SSSR count). The zero-order chi connectivity index (χ0) is 15.6. The first-order chi connectivity index (χ1) is 9.99. The van der Waals surface area contributed by atoms with E-state index < -0.39 is 42.7 Å². The van der Waals surface area contributed by atoms with Crippen molar-refractivity contribution in [2.45, 2.75) is 44.1 Å². The van der Waals surface area contributed by atoms with Gasteiger partial charge in [0.1, 0.15) is 30.2 Å². The number of aryl methyl sites for hydroxylation is 1. The Morgan fingerprint density at radius 1 is 1.24 bits per heavy atom. The fourth-order valence-corrected chi connectivity index (χ4v) is 2.09. The van der Waals surface area contributed by atoms with Crippen molar-refractivity contribution >= 4 is 0 Å². The summed E-state index contributed by atoms with van der Waals surface area (Å²) in [5.74, 6) is 0.129. The van der Waals surface area contributed by atoms with Crippen LogP contribution in [-0.4, -0.2) is 57.7 Å². The number of hydrogen-bond acceptors (Lipinski definition) is 8. The summed E-state index contributed by atoms with van der Waals surface area (Å²) in [6.45, 7) is 1.17. The van der Waals surface area contributed by atoms with Crippen molar-refractivity contribution in [3.8, 4) is 5.75 Å².